The number of rotatable bonds is 8. The molecule has 3 fully saturated rings. The van der Waals surface area contributed by atoms with Crippen molar-refractivity contribution in [2.45, 2.75) is 44.2 Å². The van der Waals surface area contributed by atoms with Crippen molar-refractivity contribution in [1.29, 1.82) is 0 Å². The molecule has 0 radical (unpaired) electrons. The van der Waals surface area contributed by atoms with Gasteiger partial charge in [0.05, 0.1) is 6.61 Å². The van der Waals surface area contributed by atoms with Crippen molar-refractivity contribution >= 4 is 23.2 Å². The van der Waals surface area contributed by atoms with Gasteiger partial charge in [0.1, 0.15) is 12.6 Å². The summed E-state index contributed by atoms with van der Waals surface area (Å²) < 4.78 is 5.17. The largest absolute Gasteiger partial charge is 0.370 e. The van der Waals surface area contributed by atoms with Crippen LogP contribution in [0.5, 0.6) is 0 Å². The minimum Gasteiger partial charge on any atom is -0.370 e. The van der Waals surface area contributed by atoms with Gasteiger partial charge in [-0.1, -0.05) is 6.42 Å². The molecule has 1 aliphatic heterocycles. The van der Waals surface area contributed by atoms with E-state index in [0.29, 0.717) is 31.7 Å². The number of nitrogens with two attached hydrogens (primary N) is 1. The van der Waals surface area contributed by atoms with Crippen LogP contribution in [0, 0.1) is 5.92 Å². The van der Waals surface area contributed by atoms with E-state index >= 15 is 0 Å². The molecule has 0 unspecified atom stereocenters. The fourth-order valence-corrected chi connectivity index (χ4v) is 4.04. The van der Waals surface area contributed by atoms with Crippen molar-refractivity contribution < 1.29 is 14.3 Å². The molecule has 0 aromatic heterocycles. The topological polar surface area (TPSA) is 87.9 Å². The summed E-state index contributed by atoms with van der Waals surface area (Å²) in [6.45, 7) is 2.53. The van der Waals surface area contributed by atoms with Crippen LogP contribution in [0.15, 0.2) is 24.3 Å². The van der Waals surface area contributed by atoms with Gasteiger partial charge < -0.3 is 20.7 Å². The third kappa shape index (κ3) is 4.37. The molecule has 7 heteroatoms. The van der Waals surface area contributed by atoms with Crippen LogP contribution < -0.4 is 16.0 Å². The minimum atomic E-state index is -0.284. The van der Waals surface area contributed by atoms with Crippen molar-refractivity contribution in [2.75, 3.05) is 43.1 Å². The van der Waals surface area contributed by atoms with Gasteiger partial charge in [-0.05, 0) is 55.9 Å². The highest BCUT2D eigenvalue weighted by Gasteiger charge is 2.38. The number of anilines is 2. The van der Waals surface area contributed by atoms with Gasteiger partial charge >= 0.3 is 0 Å². The third-order valence-corrected chi connectivity index (χ3v) is 6.07. The molecule has 1 saturated heterocycles. The van der Waals surface area contributed by atoms with Crippen LogP contribution in [-0.2, 0) is 14.3 Å². The second-order valence-corrected chi connectivity index (χ2v) is 8.11. The number of hydrogen-bond donors (Lipinski definition) is 2. The van der Waals surface area contributed by atoms with Crippen molar-refractivity contribution in [1.82, 2.24) is 4.90 Å². The summed E-state index contributed by atoms with van der Waals surface area (Å²) >= 11 is 0. The van der Waals surface area contributed by atoms with E-state index in [0.717, 1.165) is 17.9 Å². The molecule has 0 bridgehead atoms. The highest BCUT2D eigenvalue weighted by molar-refractivity contribution is 5.97. The number of ether oxygens (including phenoxy) is 1. The lowest BCUT2D eigenvalue weighted by atomic mass is 9.84. The van der Waals surface area contributed by atoms with E-state index in [4.69, 9.17) is 10.5 Å². The first-order valence-electron chi connectivity index (χ1n) is 10.4. The van der Waals surface area contributed by atoms with E-state index in [1.165, 1.54) is 32.1 Å². The zero-order valence-electron chi connectivity index (χ0n) is 16.3. The number of hydrogen-bond acceptors (Lipinski definition) is 5. The Morgan fingerprint density at radius 3 is 2.57 bits per heavy atom. The molecule has 3 aliphatic rings. The van der Waals surface area contributed by atoms with E-state index in [1.54, 1.807) is 4.90 Å². The zero-order valence-corrected chi connectivity index (χ0v) is 16.3. The molecule has 4 rings (SSSR count). The lowest BCUT2D eigenvalue weighted by molar-refractivity contribution is -0.125. The molecular weight excluding hydrogens is 356 g/mol. The van der Waals surface area contributed by atoms with E-state index in [2.05, 4.69) is 10.2 Å². The number of morpholine rings is 1. The van der Waals surface area contributed by atoms with Crippen LogP contribution in [0.3, 0.4) is 0 Å². The normalized spacial score (nSPS) is 21.5. The summed E-state index contributed by atoms with van der Waals surface area (Å²) in [4.78, 5) is 28.9. The third-order valence-electron chi connectivity index (χ3n) is 6.07. The molecule has 7 nitrogen and oxygen atoms in total. The standard InChI is InChI=1S/C21H30N4O3/c22-12-19(25(18-8-9-18)13-15-2-1-3-15)21(27)23-16-4-6-17(7-5-16)24-10-11-28-14-20(24)26/h4-7,15,18-19H,1-3,8-14,22H2,(H,23,27)/t19-/m1/s1. The highest BCUT2D eigenvalue weighted by atomic mass is 16.5. The van der Waals surface area contributed by atoms with Crippen molar-refractivity contribution in [3.8, 4) is 0 Å². The lowest BCUT2D eigenvalue weighted by Gasteiger charge is -2.36. The minimum absolute atomic E-state index is 0.0380. The van der Waals surface area contributed by atoms with E-state index in [9.17, 15) is 9.59 Å². The van der Waals surface area contributed by atoms with Gasteiger partial charge in [-0.25, -0.2) is 0 Å². The number of carbonyl (C=O) groups is 2. The quantitative estimate of drug-likeness (QED) is 0.708. The Kier molecular flexibility index (Phi) is 5.94. The maximum Gasteiger partial charge on any atom is 0.253 e. The molecule has 1 atom stereocenters. The summed E-state index contributed by atoms with van der Waals surface area (Å²) in [5.74, 6) is 0.638. The van der Waals surface area contributed by atoms with Crippen molar-refractivity contribution in [3.63, 3.8) is 0 Å². The first-order valence-corrected chi connectivity index (χ1v) is 10.4. The van der Waals surface area contributed by atoms with Crippen molar-refractivity contribution in [2.24, 2.45) is 11.7 Å². The predicted octanol–water partition coefficient (Wildman–Crippen LogP) is 1.58. The van der Waals surface area contributed by atoms with Gasteiger partial charge in [0, 0.05) is 37.1 Å². The molecule has 0 spiro atoms. The molecule has 1 aromatic carbocycles. The van der Waals surface area contributed by atoms with Crippen LogP contribution >= 0.6 is 0 Å². The predicted molar refractivity (Wildman–Crippen MR) is 108 cm³/mol. The Balaban J connectivity index is 1.39. The molecule has 28 heavy (non-hydrogen) atoms. The number of nitrogens with one attached hydrogen (secondary N) is 1. The van der Waals surface area contributed by atoms with Crippen LogP contribution in [0.25, 0.3) is 0 Å². The number of carbonyl (C=O) groups excluding carboxylic acids is 2. The molecule has 1 aromatic rings. The fourth-order valence-electron chi connectivity index (χ4n) is 4.04. The maximum absolute atomic E-state index is 12.9. The number of nitrogens with zero attached hydrogens (tertiary/aromatic N) is 2. The highest BCUT2D eigenvalue weighted by Crippen LogP contribution is 2.34. The second kappa shape index (κ2) is 8.59. The number of benzene rings is 1. The Hall–Kier alpha value is -1.96. The molecule has 2 aliphatic carbocycles. The van der Waals surface area contributed by atoms with Gasteiger partial charge in [0.2, 0.25) is 5.91 Å². The average molecular weight is 386 g/mol. The number of amides is 2. The zero-order chi connectivity index (χ0) is 19.5. The summed E-state index contributed by atoms with van der Waals surface area (Å²) in [6.07, 6.45) is 6.17. The van der Waals surface area contributed by atoms with Gasteiger partial charge in [-0.15, -0.1) is 0 Å². The smallest absolute Gasteiger partial charge is 0.253 e. The molecule has 1 heterocycles. The van der Waals surface area contributed by atoms with E-state index in [1.807, 2.05) is 24.3 Å². The monoisotopic (exact) mass is 386 g/mol. The van der Waals surface area contributed by atoms with E-state index < -0.39 is 0 Å². The Bertz CT molecular complexity index is 700. The van der Waals surface area contributed by atoms with E-state index in [-0.39, 0.29) is 24.5 Å². The molecule has 2 amide bonds. The fraction of sp³-hybridized carbons (Fsp3) is 0.619. The molecule has 3 N–H and O–H groups in total. The summed E-state index contributed by atoms with van der Waals surface area (Å²) in [6, 6.07) is 7.64. The van der Waals surface area contributed by atoms with Crippen LogP contribution in [0.2, 0.25) is 0 Å². The maximum atomic E-state index is 12.9. The van der Waals surface area contributed by atoms with Crippen LogP contribution in [0.1, 0.15) is 32.1 Å². The second-order valence-electron chi connectivity index (χ2n) is 8.11. The van der Waals surface area contributed by atoms with Gasteiger partial charge in [0.25, 0.3) is 5.91 Å². The van der Waals surface area contributed by atoms with Gasteiger partial charge in [-0.2, -0.15) is 0 Å². The van der Waals surface area contributed by atoms with Gasteiger partial charge in [-0.3, -0.25) is 14.5 Å². The summed E-state index contributed by atoms with van der Waals surface area (Å²) in [5.41, 5.74) is 7.56. The molecular formula is C21H30N4O3. The molecule has 2 saturated carbocycles. The Morgan fingerprint density at radius 1 is 1.25 bits per heavy atom. The SMILES string of the molecule is NC[C@H](C(=O)Nc1ccc(N2CCOCC2=O)cc1)N(CC1CCC1)C1CC1. The average Bonchev–Trinajstić information content (AvgIpc) is 3.50. The first kappa shape index (κ1) is 19.4. The summed E-state index contributed by atoms with van der Waals surface area (Å²) in [5, 5.41) is 3.02. The Labute approximate surface area is 166 Å². The first-order chi connectivity index (χ1) is 13.7. The molecule has 152 valence electrons. The summed E-state index contributed by atoms with van der Waals surface area (Å²) in [7, 11) is 0. The van der Waals surface area contributed by atoms with Crippen LogP contribution in [-0.4, -0.2) is 61.6 Å². The Morgan fingerprint density at radius 2 is 2.00 bits per heavy atom. The van der Waals surface area contributed by atoms with Crippen LogP contribution in [0.4, 0.5) is 11.4 Å². The van der Waals surface area contributed by atoms with Crippen molar-refractivity contribution in [3.05, 3.63) is 24.3 Å². The lowest BCUT2D eigenvalue weighted by Crippen LogP contribution is -2.51. The van der Waals surface area contributed by atoms with Gasteiger partial charge in [0.15, 0.2) is 0 Å².